The van der Waals surface area contributed by atoms with Crippen molar-refractivity contribution >= 4 is 34.0 Å². The fraction of sp³-hybridized carbons (Fsp3) is 0.250. The van der Waals surface area contributed by atoms with Crippen molar-refractivity contribution in [2.24, 2.45) is 7.05 Å². The van der Waals surface area contributed by atoms with Crippen molar-refractivity contribution in [3.05, 3.63) is 21.9 Å². The number of hydrogen-bond acceptors (Lipinski definition) is 5. The Kier molecular flexibility index (Phi) is 2.88. The topological polar surface area (TPSA) is 72.7 Å². The number of hydrogen-bond donors (Lipinski definition) is 1. The second kappa shape index (κ2) is 4.18. The second-order valence-corrected chi connectivity index (χ2v) is 4.63. The van der Waals surface area contributed by atoms with Gasteiger partial charge in [-0.3, -0.25) is 14.8 Å². The Balaban J connectivity index is 2.21. The molecule has 0 atom stereocenters. The van der Waals surface area contributed by atoms with Crippen LogP contribution in [0, 0.1) is 6.92 Å². The number of nitrogens with one attached hydrogen (secondary N) is 1. The average Bonchev–Trinajstić information content (AvgIpc) is 2.74. The highest BCUT2D eigenvalue weighted by atomic mass is 35.5. The van der Waals surface area contributed by atoms with E-state index in [0.29, 0.717) is 15.8 Å². The molecule has 16 heavy (non-hydrogen) atoms. The van der Waals surface area contributed by atoms with Gasteiger partial charge in [-0.25, -0.2) is 0 Å². The predicted octanol–water partition coefficient (Wildman–Crippen LogP) is 1.49. The summed E-state index contributed by atoms with van der Waals surface area (Å²) in [6.07, 6.45) is 1.42. The number of halogens is 1. The van der Waals surface area contributed by atoms with E-state index in [-0.39, 0.29) is 5.91 Å². The van der Waals surface area contributed by atoms with Crippen LogP contribution >= 0.6 is 22.9 Å². The molecule has 84 valence electrons. The largest absolute Gasteiger partial charge is 0.295 e. The van der Waals surface area contributed by atoms with E-state index in [4.69, 9.17) is 11.6 Å². The molecule has 0 spiro atoms. The van der Waals surface area contributed by atoms with E-state index in [2.05, 4.69) is 20.6 Å². The molecule has 0 fully saturated rings. The Morgan fingerprint density at radius 2 is 2.31 bits per heavy atom. The van der Waals surface area contributed by atoms with Gasteiger partial charge in [-0.05, 0) is 6.92 Å². The normalized spacial score (nSPS) is 10.4. The number of aromatic nitrogens is 4. The second-order valence-electron chi connectivity index (χ2n) is 3.05. The Morgan fingerprint density at radius 1 is 1.56 bits per heavy atom. The molecular formula is C8H8ClN5OS. The smallest absolute Gasteiger partial charge is 0.277 e. The molecule has 0 radical (unpaired) electrons. The fourth-order valence-electron chi connectivity index (χ4n) is 1.17. The lowest BCUT2D eigenvalue weighted by Crippen LogP contribution is -2.16. The number of aryl methyl sites for hydroxylation is 2. The van der Waals surface area contributed by atoms with Crippen molar-refractivity contribution < 1.29 is 4.79 Å². The van der Waals surface area contributed by atoms with E-state index in [0.717, 1.165) is 5.01 Å². The van der Waals surface area contributed by atoms with Gasteiger partial charge in [-0.1, -0.05) is 22.9 Å². The maximum atomic E-state index is 11.8. The third kappa shape index (κ3) is 2.05. The monoisotopic (exact) mass is 257 g/mol. The molecular weight excluding hydrogens is 250 g/mol. The number of anilines is 1. The van der Waals surface area contributed by atoms with Gasteiger partial charge in [0.2, 0.25) is 5.13 Å². The van der Waals surface area contributed by atoms with Crippen LogP contribution in [-0.2, 0) is 7.05 Å². The minimum atomic E-state index is -0.346. The number of carbonyl (C=O) groups is 1. The van der Waals surface area contributed by atoms with Gasteiger partial charge in [0.25, 0.3) is 5.91 Å². The summed E-state index contributed by atoms with van der Waals surface area (Å²) in [5, 5.41) is 15.6. The SMILES string of the molecule is Cc1nnc(NC(=O)c2c(Cl)cnn2C)s1. The van der Waals surface area contributed by atoms with Crippen molar-refractivity contribution in [1.82, 2.24) is 20.0 Å². The lowest BCUT2D eigenvalue weighted by atomic mass is 10.4. The lowest BCUT2D eigenvalue weighted by Gasteiger charge is -2.01. The first-order valence-corrected chi connectivity index (χ1v) is 5.56. The van der Waals surface area contributed by atoms with E-state index < -0.39 is 0 Å². The number of amides is 1. The molecule has 2 heterocycles. The van der Waals surface area contributed by atoms with Gasteiger partial charge in [0.1, 0.15) is 10.7 Å². The molecule has 1 amide bonds. The number of carbonyl (C=O) groups excluding carboxylic acids is 1. The third-order valence-corrected chi connectivity index (χ3v) is 2.89. The summed E-state index contributed by atoms with van der Waals surface area (Å²) < 4.78 is 1.41. The Morgan fingerprint density at radius 3 is 2.81 bits per heavy atom. The van der Waals surface area contributed by atoms with Crippen LogP contribution in [0.2, 0.25) is 5.02 Å². The summed E-state index contributed by atoms with van der Waals surface area (Å²) >= 11 is 7.13. The van der Waals surface area contributed by atoms with Gasteiger partial charge < -0.3 is 0 Å². The molecule has 6 nitrogen and oxygen atoms in total. The van der Waals surface area contributed by atoms with Gasteiger partial charge in [0.15, 0.2) is 0 Å². The van der Waals surface area contributed by atoms with Crippen molar-refractivity contribution in [3.8, 4) is 0 Å². The van der Waals surface area contributed by atoms with Crippen LogP contribution in [0.15, 0.2) is 6.20 Å². The molecule has 0 bridgehead atoms. The van der Waals surface area contributed by atoms with Crippen LogP contribution in [0.4, 0.5) is 5.13 Å². The zero-order valence-electron chi connectivity index (χ0n) is 8.56. The van der Waals surface area contributed by atoms with Crippen molar-refractivity contribution in [2.45, 2.75) is 6.92 Å². The highest BCUT2D eigenvalue weighted by Gasteiger charge is 2.16. The summed E-state index contributed by atoms with van der Waals surface area (Å²) in [4.78, 5) is 11.8. The molecule has 0 saturated carbocycles. The molecule has 0 unspecified atom stereocenters. The van der Waals surface area contributed by atoms with E-state index in [1.165, 1.54) is 22.2 Å². The van der Waals surface area contributed by atoms with Gasteiger partial charge in [0, 0.05) is 7.05 Å². The number of rotatable bonds is 2. The molecule has 0 aromatic carbocycles. The summed E-state index contributed by atoms with van der Waals surface area (Å²) in [6.45, 7) is 1.81. The van der Waals surface area contributed by atoms with E-state index >= 15 is 0 Å². The molecule has 2 aromatic heterocycles. The maximum absolute atomic E-state index is 11.8. The van der Waals surface area contributed by atoms with Crippen LogP contribution in [-0.4, -0.2) is 25.9 Å². The van der Waals surface area contributed by atoms with E-state index in [1.807, 2.05) is 6.92 Å². The Hall–Kier alpha value is -1.47. The van der Waals surface area contributed by atoms with Crippen molar-refractivity contribution in [1.29, 1.82) is 0 Å². The zero-order chi connectivity index (χ0) is 11.7. The summed E-state index contributed by atoms with van der Waals surface area (Å²) in [7, 11) is 1.64. The summed E-state index contributed by atoms with van der Waals surface area (Å²) in [6, 6.07) is 0. The molecule has 0 saturated heterocycles. The van der Waals surface area contributed by atoms with Crippen molar-refractivity contribution in [3.63, 3.8) is 0 Å². The summed E-state index contributed by atoms with van der Waals surface area (Å²) in [5.41, 5.74) is 0.300. The van der Waals surface area contributed by atoms with Crippen LogP contribution < -0.4 is 5.32 Å². The van der Waals surface area contributed by atoms with Gasteiger partial charge in [-0.2, -0.15) is 5.10 Å². The van der Waals surface area contributed by atoms with Gasteiger partial charge >= 0.3 is 0 Å². The predicted molar refractivity (Wildman–Crippen MR) is 60.8 cm³/mol. The third-order valence-electron chi connectivity index (χ3n) is 1.86. The Bertz CT molecular complexity index is 515. The first-order valence-electron chi connectivity index (χ1n) is 4.37. The minimum absolute atomic E-state index is 0.300. The van der Waals surface area contributed by atoms with E-state index in [1.54, 1.807) is 7.05 Å². The van der Waals surface area contributed by atoms with Crippen LogP contribution in [0.5, 0.6) is 0 Å². The molecule has 8 heteroatoms. The molecule has 2 rings (SSSR count). The zero-order valence-corrected chi connectivity index (χ0v) is 10.1. The van der Waals surface area contributed by atoms with Crippen LogP contribution in [0.1, 0.15) is 15.5 Å². The molecule has 2 aromatic rings. The van der Waals surface area contributed by atoms with Crippen molar-refractivity contribution in [2.75, 3.05) is 5.32 Å². The maximum Gasteiger partial charge on any atom is 0.277 e. The van der Waals surface area contributed by atoms with E-state index in [9.17, 15) is 4.79 Å². The molecule has 0 aliphatic heterocycles. The first kappa shape index (κ1) is 11.0. The summed E-state index contributed by atoms with van der Waals surface area (Å²) in [5.74, 6) is -0.346. The highest BCUT2D eigenvalue weighted by molar-refractivity contribution is 7.15. The van der Waals surface area contributed by atoms with Gasteiger partial charge in [-0.15, -0.1) is 10.2 Å². The minimum Gasteiger partial charge on any atom is -0.295 e. The first-order chi connectivity index (χ1) is 7.58. The van der Waals surface area contributed by atoms with Crippen LogP contribution in [0.3, 0.4) is 0 Å². The Labute approximate surface area is 100 Å². The standard InChI is InChI=1S/C8H8ClN5OS/c1-4-12-13-8(16-4)11-7(15)6-5(9)3-10-14(6)2/h3H,1-2H3,(H,11,13,15). The highest BCUT2D eigenvalue weighted by Crippen LogP contribution is 2.18. The van der Waals surface area contributed by atoms with Gasteiger partial charge in [0.05, 0.1) is 11.2 Å². The quantitative estimate of drug-likeness (QED) is 0.885. The average molecular weight is 258 g/mol. The number of nitrogens with zero attached hydrogens (tertiary/aromatic N) is 4. The molecule has 0 aliphatic carbocycles. The lowest BCUT2D eigenvalue weighted by molar-refractivity contribution is 0.101. The van der Waals surface area contributed by atoms with Crippen LogP contribution in [0.25, 0.3) is 0 Å². The molecule has 1 N–H and O–H groups in total. The fourth-order valence-corrected chi connectivity index (χ4v) is 2.01. The molecule has 0 aliphatic rings.